The average molecular weight is 298 g/mol. The molecule has 0 aromatic carbocycles. The lowest BCUT2D eigenvalue weighted by atomic mass is 9.96. The van der Waals surface area contributed by atoms with Gasteiger partial charge in [0, 0.05) is 19.1 Å². The van der Waals surface area contributed by atoms with Crippen LogP contribution in [0.5, 0.6) is 0 Å². The van der Waals surface area contributed by atoms with Gasteiger partial charge < -0.3 is 15.0 Å². The number of carbonyl (C=O) groups is 2. The van der Waals surface area contributed by atoms with E-state index in [1.165, 1.54) is 0 Å². The Kier molecular flexibility index (Phi) is 6.49. The molecule has 1 aliphatic heterocycles. The number of rotatable bonds is 4. The third kappa shape index (κ3) is 5.94. The fourth-order valence-electron chi connectivity index (χ4n) is 2.50. The molecule has 5 heteroatoms. The van der Waals surface area contributed by atoms with Crippen LogP contribution in [0.25, 0.3) is 0 Å². The van der Waals surface area contributed by atoms with Crippen LogP contribution in [0.4, 0.5) is 4.79 Å². The molecule has 1 aliphatic rings. The second kappa shape index (κ2) is 7.66. The molecule has 0 radical (unpaired) electrons. The molecule has 1 rings (SSSR count). The molecule has 2 amide bonds. The molecule has 1 fully saturated rings. The molecule has 1 atom stereocenters. The summed E-state index contributed by atoms with van der Waals surface area (Å²) in [6.07, 6.45) is 3.24. The maximum Gasteiger partial charge on any atom is 0.410 e. The van der Waals surface area contributed by atoms with Gasteiger partial charge in [-0.05, 0) is 46.5 Å². The topological polar surface area (TPSA) is 58.6 Å². The first-order valence-electron chi connectivity index (χ1n) is 8.05. The largest absolute Gasteiger partial charge is 0.444 e. The Morgan fingerprint density at radius 3 is 2.43 bits per heavy atom. The quantitative estimate of drug-likeness (QED) is 0.868. The molecular weight excluding hydrogens is 268 g/mol. The minimum Gasteiger partial charge on any atom is -0.444 e. The summed E-state index contributed by atoms with van der Waals surface area (Å²) in [5.74, 6) is -0.0520. The van der Waals surface area contributed by atoms with Crippen LogP contribution in [0, 0.1) is 5.92 Å². The highest BCUT2D eigenvalue weighted by Crippen LogP contribution is 2.20. The summed E-state index contributed by atoms with van der Waals surface area (Å²) >= 11 is 0. The second-order valence-electron chi connectivity index (χ2n) is 6.79. The highest BCUT2D eigenvalue weighted by molar-refractivity contribution is 5.80. The van der Waals surface area contributed by atoms with Crippen LogP contribution in [0.1, 0.15) is 60.3 Å². The zero-order valence-corrected chi connectivity index (χ0v) is 14.1. The highest BCUT2D eigenvalue weighted by Gasteiger charge is 2.31. The molecule has 0 aromatic rings. The van der Waals surface area contributed by atoms with Gasteiger partial charge in [0.25, 0.3) is 0 Å². The Bertz CT molecular complexity index is 359. The predicted molar refractivity (Wildman–Crippen MR) is 83.0 cm³/mol. The van der Waals surface area contributed by atoms with E-state index < -0.39 is 5.60 Å². The van der Waals surface area contributed by atoms with Crippen molar-refractivity contribution in [2.75, 3.05) is 13.1 Å². The lowest BCUT2D eigenvalue weighted by Crippen LogP contribution is -2.48. The van der Waals surface area contributed by atoms with E-state index in [-0.39, 0.29) is 24.0 Å². The van der Waals surface area contributed by atoms with Crippen LogP contribution in [0.2, 0.25) is 0 Å². The van der Waals surface area contributed by atoms with Crippen molar-refractivity contribution in [1.82, 2.24) is 10.2 Å². The predicted octanol–water partition coefficient (Wildman–Crippen LogP) is 2.94. The lowest BCUT2D eigenvalue weighted by Gasteiger charge is -2.34. The van der Waals surface area contributed by atoms with Crippen LogP contribution in [-0.2, 0) is 9.53 Å². The van der Waals surface area contributed by atoms with Gasteiger partial charge in [0.1, 0.15) is 5.60 Å². The van der Waals surface area contributed by atoms with E-state index in [4.69, 9.17) is 4.74 Å². The molecule has 0 aromatic heterocycles. The van der Waals surface area contributed by atoms with Gasteiger partial charge in [0.05, 0.1) is 5.92 Å². The van der Waals surface area contributed by atoms with Gasteiger partial charge in [0.15, 0.2) is 0 Å². The van der Waals surface area contributed by atoms with Gasteiger partial charge >= 0.3 is 6.09 Å². The maximum absolute atomic E-state index is 12.3. The summed E-state index contributed by atoms with van der Waals surface area (Å²) in [7, 11) is 0. The SMILES string of the molecule is CCC(CC)NC(=O)C1CCCN(C(=O)OC(C)(C)C)C1. The normalized spacial score (nSPS) is 19.5. The molecule has 1 saturated heterocycles. The summed E-state index contributed by atoms with van der Waals surface area (Å²) in [5.41, 5.74) is -0.498. The minimum atomic E-state index is -0.498. The van der Waals surface area contributed by atoms with Crippen molar-refractivity contribution in [3.63, 3.8) is 0 Å². The lowest BCUT2D eigenvalue weighted by molar-refractivity contribution is -0.127. The van der Waals surface area contributed by atoms with E-state index in [0.717, 1.165) is 25.7 Å². The highest BCUT2D eigenvalue weighted by atomic mass is 16.6. The molecule has 0 saturated carbocycles. The summed E-state index contributed by atoms with van der Waals surface area (Å²) in [4.78, 5) is 26.0. The number of nitrogens with zero attached hydrogens (tertiary/aromatic N) is 1. The fourth-order valence-corrected chi connectivity index (χ4v) is 2.50. The number of nitrogens with one attached hydrogen (secondary N) is 1. The van der Waals surface area contributed by atoms with Gasteiger partial charge in [-0.3, -0.25) is 4.79 Å². The molecule has 0 aliphatic carbocycles. The van der Waals surface area contributed by atoms with Crippen molar-refractivity contribution >= 4 is 12.0 Å². The smallest absolute Gasteiger partial charge is 0.410 e. The molecule has 0 spiro atoms. The number of likely N-dealkylation sites (tertiary alicyclic amines) is 1. The molecule has 1 unspecified atom stereocenters. The molecule has 5 nitrogen and oxygen atoms in total. The maximum atomic E-state index is 12.3. The van der Waals surface area contributed by atoms with E-state index in [2.05, 4.69) is 19.2 Å². The third-order valence-electron chi connectivity index (χ3n) is 3.78. The standard InChI is InChI=1S/C16H30N2O3/c1-6-13(7-2)17-14(19)12-9-8-10-18(11-12)15(20)21-16(3,4)5/h12-13H,6-11H2,1-5H3,(H,17,19). The van der Waals surface area contributed by atoms with E-state index in [1.807, 2.05) is 20.8 Å². The molecule has 0 bridgehead atoms. The zero-order valence-electron chi connectivity index (χ0n) is 14.1. The first kappa shape index (κ1) is 17.8. The van der Waals surface area contributed by atoms with Crippen molar-refractivity contribution in [2.45, 2.75) is 71.9 Å². The van der Waals surface area contributed by atoms with E-state index in [1.54, 1.807) is 4.90 Å². The first-order chi connectivity index (χ1) is 9.76. The summed E-state index contributed by atoms with van der Waals surface area (Å²) in [5, 5.41) is 3.08. The Morgan fingerprint density at radius 1 is 1.29 bits per heavy atom. The van der Waals surface area contributed by atoms with Gasteiger partial charge in [-0.15, -0.1) is 0 Å². The Morgan fingerprint density at radius 2 is 1.90 bits per heavy atom. The van der Waals surface area contributed by atoms with Crippen molar-refractivity contribution in [3.05, 3.63) is 0 Å². The Hall–Kier alpha value is -1.26. The molecule has 1 heterocycles. The van der Waals surface area contributed by atoms with Crippen molar-refractivity contribution in [1.29, 1.82) is 0 Å². The van der Waals surface area contributed by atoms with Crippen molar-refractivity contribution in [2.24, 2.45) is 5.92 Å². The monoisotopic (exact) mass is 298 g/mol. The Labute approximate surface area is 128 Å². The molecule has 1 N–H and O–H groups in total. The number of hydrogen-bond donors (Lipinski definition) is 1. The summed E-state index contributed by atoms with van der Waals surface area (Å²) in [6.45, 7) is 10.8. The van der Waals surface area contributed by atoms with Crippen LogP contribution in [0.3, 0.4) is 0 Å². The first-order valence-corrected chi connectivity index (χ1v) is 8.05. The average Bonchev–Trinajstić information content (AvgIpc) is 2.42. The minimum absolute atomic E-state index is 0.0666. The van der Waals surface area contributed by atoms with E-state index >= 15 is 0 Å². The second-order valence-corrected chi connectivity index (χ2v) is 6.79. The van der Waals surface area contributed by atoms with Crippen molar-refractivity contribution < 1.29 is 14.3 Å². The van der Waals surface area contributed by atoms with E-state index in [0.29, 0.717) is 13.1 Å². The van der Waals surface area contributed by atoms with Gasteiger partial charge in [-0.2, -0.15) is 0 Å². The number of amides is 2. The van der Waals surface area contributed by atoms with Gasteiger partial charge in [-0.25, -0.2) is 4.79 Å². The Balaban J connectivity index is 2.55. The fraction of sp³-hybridized carbons (Fsp3) is 0.875. The number of carbonyl (C=O) groups excluding carboxylic acids is 2. The van der Waals surface area contributed by atoms with Crippen molar-refractivity contribution in [3.8, 4) is 0 Å². The zero-order chi connectivity index (χ0) is 16.0. The van der Waals surface area contributed by atoms with Crippen LogP contribution in [-0.4, -0.2) is 41.6 Å². The summed E-state index contributed by atoms with van der Waals surface area (Å²) < 4.78 is 5.38. The molecule has 21 heavy (non-hydrogen) atoms. The van der Waals surface area contributed by atoms with E-state index in [9.17, 15) is 9.59 Å². The summed E-state index contributed by atoms with van der Waals surface area (Å²) in [6, 6.07) is 0.231. The van der Waals surface area contributed by atoms with Gasteiger partial charge in [-0.1, -0.05) is 13.8 Å². The van der Waals surface area contributed by atoms with Crippen LogP contribution < -0.4 is 5.32 Å². The number of hydrogen-bond acceptors (Lipinski definition) is 3. The molecule has 122 valence electrons. The molecular formula is C16H30N2O3. The van der Waals surface area contributed by atoms with Gasteiger partial charge in [0.2, 0.25) is 5.91 Å². The third-order valence-corrected chi connectivity index (χ3v) is 3.78. The number of ether oxygens (including phenoxy) is 1. The van der Waals surface area contributed by atoms with Crippen LogP contribution in [0.15, 0.2) is 0 Å². The number of piperidine rings is 1. The van der Waals surface area contributed by atoms with Crippen LogP contribution >= 0.6 is 0 Å².